The average molecular weight is 465 g/mol. The van der Waals surface area contributed by atoms with Crippen molar-refractivity contribution in [1.82, 2.24) is 14.8 Å². The van der Waals surface area contributed by atoms with Gasteiger partial charge in [-0.1, -0.05) is 36.0 Å². The Bertz CT molecular complexity index is 1170. The number of ketones is 1. The number of anilines is 1. The summed E-state index contributed by atoms with van der Waals surface area (Å²) < 4.78 is 7.99. The van der Waals surface area contributed by atoms with Gasteiger partial charge in [0.05, 0.1) is 5.75 Å². The van der Waals surface area contributed by atoms with Gasteiger partial charge in [-0.2, -0.15) is 0 Å². The van der Waals surface area contributed by atoms with Gasteiger partial charge in [-0.25, -0.2) is 0 Å². The Balaban J connectivity index is 1.67. The minimum absolute atomic E-state index is 0.0531. The van der Waals surface area contributed by atoms with E-state index in [1.807, 2.05) is 36.6 Å². The van der Waals surface area contributed by atoms with Crippen molar-refractivity contribution in [3.05, 3.63) is 77.6 Å². The van der Waals surface area contributed by atoms with Gasteiger partial charge < -0.3 is 10.1 Å². The number of allylic oxidation sites excluding steroid dienone is 1. The fraction of sp³-hybridized carbons (Fsp3) is 0.280. The first-order valence-corrected chi connectivity index (χ1v) is 11.6. The first kappa shape index (κ1) is 24.3. The standard InChI is InChI=1S/C25H28N4O3S/c1-6-12-29-24(19(5)32-22-11-10-16(2)17(3)13-22)27-28-25(29)33-15-23(31)26-21-9-7-8-20(14-21)18(4)30/h6-11,13-14,19H,1,12,15H2,2-5H3,(H,26,31). The molecule has 3 rings (SSSR count). The van der Waals surface area contributed by atoms with Crippen molar-refractivity contribution in [2.24, 2.45) is 0 Å². The summed E-state index contributed by atoms with van der Waals surface area (Å²) in [6, 6.07) is 12.8. The highest BCUT2D eigenvalue weighted by molar-refractivity contribution is 7.99. The third-order valence-corrected chi connectivity index (χ3v) is 6.06. The molecule has 1 aromatic heterocycles. The van der Waals surface area contributed by atoms with Crippen LogP contribution in [0.25, 0.3) is 0 Å². The third kappa shape index (κ3) is 6.32. The Morgan fingerprint density at radius 1 is 1.18 bits per heavy atom. The van der Waals surface area contributed by atoms with Crippen molar-refractivity contribution in [1.29, 1.82) is 0 Å². The number of Topliss-reactive ketones (excluding diaryl/α,β-unsaturated/α-hetero) is 1. The number of ether oxygens (including phenoxy) is 1. The van der Waals surface area contributed by atoms with Crippen LogP contribution in [0.1, 0.15) is 47.3 Å². The minimum Gasteiger partial charge on any atom is -0.483 e. The Kier molecular flexibility index (Phi) is 8.06. The maximum Gasteiger partial charge on any atom is 0.234 e. The van der Waals surface area contributed by atoms with Gasteiger partial charge in [0.1, 0.15) is 5.75 Å². The highest BCUT2D eigenvalue weighted by Crippen LogP contribution is 2.26. The molecule has 0 bridgehead atoms. The number of hydrogen-bond acceptors (Lipinski definition) is 6. The van der Waals surface area contributed by atoms with Gasteiger partial charge >= 0.3 is 0 Å². The first-order chi connectivity index (χ1) is 15.8. The molecule has 0 fully saturated rings. The van der Waals surface area contributed by atoms with Gasteiger partial charge in [-0.05, 0) is 63.1 Å². The maximum absolute atomic E-state index is 12.5. The van der Waals surface area contributed by atoms with Crippen molar-refractivity contribution in [3.63, 3.8) is 0 Å². The Morgan fingerprint density at radius 3 is 2.67 bits per heavy atom. The second-order valence-electron chi connectivity index (χ2n) is 7.72. The van der Waals surface area contributed by atoms with E-state index >= 15 is 0 Å². The van der Waals surface area contributed by atoms with Crippen molar-refractivity contribution in [2.75, 3.05) is 11.1 Å². The molecule has 0 spiro atoms. The van der Waals surface area contributed by atoms with Crippen molar-refractivity contribution in [3.8, 4) is 5.75 Å². The summed E-state index contributed by atoms with van der Waals surface area (Å²) >= 11 is 1.28. The number of rotatable bonds is 10. The fourth-order valence-electron chi connectivity index (χ4n) is 3.20. The quantitative estimate of drug-likeness (QED) is 0.254. The second kappa shape index (κ2) is 11.0. The van der Waals surface area contributed by atoms with E-state index in [-0.39, 0.29) is 23.5 Å². The van der Waals surface area contributed by atoms with Crippen LogP contribution < -0.4 is 10.1 Å². The monoisotopic (exact) mass is 464 g/mol. The summed E-state index contributed by atoms with van der Waals surface area (Å²) in [4.78, 5) is 24.0. The lowest BCUT2D eigenvalue weighted by Gasteiger charge is -2.16. The fourth-order valence-corrected chi connectivity index (χ4v) is 3.95. The lowest BCUT2D eigenvalue weighted by molar-refractivity contribution is -0.113. The van der Waals surface area contributed by atoms with Crippen LogP contribution in [0.15, 0.2) is 60.3 Å². The van der Waals surface area contributed by atoms with Gasteiger partial charge in [-0.3, -0.25) is 14.2 Å². The predicted octanol–water partition coefficient (Wildman–Crippen LogP) is 5.15. The highest BCUT2D eigenvalue weighted by Gasteiger charge is 2.20. The minimum atomic E-state index is -0.336. The van der Waals surface area contributed by atoms with E-state index in [2.05, 4.69) is 29.0 Å². The molecule has 33 heavy (non-hydrogen) atoms. The average Bonchev–Trinajstić information content (AvgIpc) is 3.18. The molecule has 172 valence electrons. The smallest absolute Gasteiger partial charge is 0.234 e. The number of nitrogens with one attached hydrogen (secondary N) is 1. The highest BCUT2D eigenvalue weighted by atomic mass is 32.2. The number of benzene rings is 2. The van der Waals surface area contributed by atoms with Crippen molar-refractivity contribution >= 4 is 29.1 Å². The van der Waals surface area contributed by atoms with Crippen molar-refractivity contribution < 1.29 is 14.3 Å². The zero-order valence-corrected chi connectivity index (χ0v) is 20.1. The lowest BCUT2D eigenvalue weighted by atomic mass is 10.1. The molecule has 7 nitrogen and oxygen atoms in total. The molecular formula is C25H28N4O3S. The van der Waals surface area contributed by atoms with Gasteiger partial charge in [-0.15, -0.1) is 16.8 Å². The molecule has 0 radical (unpaired) electrons. The first-order valence-electron chi connectivity index (χ1n) is 10.6. The lowest BCUT2D eigenvalue weighted by Crippen LogP contribution is -2.16. The summed E-state index contributed by atoms with van der Waals surface area (Å²) in [7, 11) is 0. The number of carbonyl (C=O) groups excluding carboxylic acids is 2. The van der Waals surface area contributed by atoms with Crippen LogP contribution in [0.4, 0.5) is 5.69 Å². The van der Waals surface area contributed by atoms with Crippen LogP contribution in [0.2, 0.25) is 0 Å². The molecule has 1 N–H and O–H groups in total. The van der Waals surface area contributed by atoms with E-state index in [4.69, 9.17) is 4.74 Å². The topological polar surface area (TPSA) is 86.1 Å². The SMILES string of the molecule is C=CCn1c(SCC(=O)Nc2cccc(C(C)=O)c2)nnc1C(C)Oc1ccc(C)c(C)c1. The van der Waals surface area contributed by atoms with E-state index in [0.717, 1.165) is 11.3 Å². The largest absolute Gasteiger partial charge is 0.483 e. The summed E-state index contributed by atoms with van der Waals surface area (Å²) in [6.45, 7) is 11.8. The van der Waals surface area contributed by atoms with Gasteiger partial charge in [0.2, 0.25) is 5.91 Å². The molecule has 0 saturated carbocycles. The number of amides is 1. The molecular weight excluding hydrogens is 436 g/mol. The number of hydrogen-bond donors (Lipinski definition) is 1. The van der Waals surface area contributed by atoms with Crippen molar-refractivity contribution in [2.45, 2.75) is 45.5 Å². The summed E-state index contributed by atoms with van der Waals surface area (Å²) in [5.74, 6) is 1.31. The molecule has 0 aliphatic carbocycles. The maximum atomic E-state index is 12.5. The van der Waals surface area contributed by atoms with Crippen LogP contribution in [0.5, 0.6) is 5.75 Å². The van der Waals surface area contributed by atoms with E-state index in [9.17, 15) is 9.59 Å². The number of nitrogens with zero attached hydrogens (tertiary/aromatic N) is 3. The molecule has 1 unspecified atom stereocenters. The van der Waals surface area contributed by atoms with E-state index in [1.54, 1.807) is 30.3 Å². The van der Waals surface area contributed by atoms with Crippen LogP contribution in [-0.2, 0) is 11.3 Å². The van der Waals surface area contributed by atoms with Crippen LogP contribution in [0, 0.1) is 13.8 Å². The number of carbonyl (C=O) groups is 2. The Labute approximate surface area is 198 Å². The molecule has 2 aromatic carbocycles. The van der Waals surface area contributed by atoms with Crippen LogP contribution in [-0.4, -0.2) is 32.2 Å². The molecule has 0 aliphatic rings. The molecule has 1 amide bonds. The normalized spacial score (nSPS) is 11.6. The third-order valence-electron chi connectivity index (χ3n) is 5.10. The van der Waals surface area contributed by atoms with Crippen LogP contribution >= 0.6 is 11.8 Å². The van der Waals surface area contributed by atoms with E-state index < -0.39 is 0 Å². The number of aromatic nitrogens is 3. The molecule has 1 atom stereocenters. The van der Waals surface area contributed by atoms with Gasteiger partial charge in [0, 0.05) is 17.8 Å². The Hall–Kier alpha value is -3.39. The Morgan fingerprint density at radius 2 is 1.97 bits per heavy atom. The predicted molar refractivity (Wildman–Crippen MR) is 131 cm³/mol. The zero-order valence-electron chi connectivity index (χ0n) is 19.3. The van der Waals surface area contributed by atoms with E-state index in [0.29, 0.717) is 28.8 Å². The van der Waals surface area contributed by atoms with Crippen LogP contribution in [0.3, 0.4) is 0 Å². The number of aryl methyl sites for hydroxylation is 2. The van der Waals surface area contributed by atoms with Gasteiger partial charge in [0.25, 0.3) is 0 Å². The number of thioether (sulfide) groups is 1. The zero-order chi connectivity index (χ0) is 24.0. The summed E-state index contributed by atoms with van der Waals surface area (Å²) in [5, 5.41) is 12.0. The second-order valence-corrected chi connectivity index (χ2v) is 8.66. The molecule has 0 aliphatic heterocycles. The molecule has 8 heteroatoms. The molecule has 0 saturated heterocycles. The summed E-state index contributed by atoms with van der Waals surface area (Å²) in [5.41, 5.74) is 3.49. The van der Waals surface area contributed by atoms with E-state index in [1.165, 1.54) is 24.2 Å². The molecule has 1 heterocycles. The van der Waals surface area contributed by atoms with Gasteiger partial charge in [0.15, 0.2) is 22.9 Å². The summed E-state index contributed by atoms with van der Waals surface area (Å²) in [6.07, 6.45) is 1.42. The molecule has 3 aromatic rings.